The van der Waals surface area contributed by atoms with Gasteiger partial charge < -0.3 is 0 Å². The van der Waals surface area contributed by atoms with E-state index in [9.17, 15) is 4.79 Å². The van der Waals surface area contributed by atoms with Gasteiger partial charge in [0.1, 0.15) is 0 Å². The number of hydrogen-bond donors (Lipinski definition) is 1. The third-order valence-corrected chi connectivity index (χ3v) is 4.10. The van der Waals surface area contributed by atoms with Crippen LogP contribution in [0.1, 0.15) is 20.8 Å². The molecule has 0 aliphatic carbocycles. The molecular formula is C13H10Cl2N2OS. The van der Waals surface area contributed by atoms with Gasteiger partial charge in [-0.1, -0.05) is 29.3 Å². The van der Waals surface area contributed by atoms with E-state index in [2.05, 4.69) is 10.5 Å². The Balaban J connectivity index is 2.09. The Labute approximate surface area is 124 Å². The molecule has 19 heavy (non-hydrogen) atoms. The van der Waals surface area contributed by atoms with E-state index < -0.39 is 0 Å². The fourth-order valence-corrected chi connectivity index (χ4v) is 2.76. The molecular weight excluding hydrogens is 303 g/mol. The number of thiophene rings is 1. The first-order valence-electron chi connectivity index (χ1n) is 5.41. The van der Waals surface area contributed by atoms with E-state index in [1.165, 1.54) is 17.6 Å². The van der Waals surface area contributed by atoms with Crippen molar-refractivity contribution in [2.75, 3.05) is 0 Å². The molecule has 0 saturated carbocycles. The number of nitrogens with one attached hydrogen (secondary N) is 1. The highest BCUT2D eigenvalue weighted by Crippen LogP contribution is 2.22. The van der Waals surface area contributed by atoms with E-state index in [-0.39, 0.29) is 5.91 Å². The van der Waals surface area contributed by atoms with E-state index in [4.69, 9.17) is 23.2 Å². The smallest absolute Gasteiger partial charge is 0.266 e. The monoisotopic (exact) mass is 312 g/mol. The summed E-state index contributed by atoms with van der Waals surface area (Å²) in [6, 6.07) is 7.05. The summed E-state index contributed by atoms with van der Waals surface area (Å²) in [5, 5.41) is 6.70. The average Bonchev–Trinajstić information content (AvgIpc) is 2.79. The Hall–Kier alpha value is -1.36. The third kappa shape index (κ3) is 3.35. The van der Waals surface area contributed by atoms with Crippen LogP contribution < -0.4 is 5.43 Å². The van der Waals surface area contributed by atoms with E-state index in [1.807, 2.05) is 18.4 Å². The van der Waals surface area contributed by atoms with E-state index in [0.29, 0.717) is 20.5 Å². The highest BCUT2D eigenvalue weighted by Gasteiger charge is 2.09. The molecule has 0 unspecified atom stereocenters. The minimum Gasteiger partial charge on any atom is -0.266 e. The first kappa shape index (κ1) is 14.1. The molecule has 0 saturated heterocycles. The van der Waals surface area contributed by atoms with Crippen LogP contribution >= 0.6 is 34.5 Å². The Morgan fingerprint density at radius 1 is 1.32 bits per heavy atom. The van der Waals surface area contributed by atoms with Crippen molar-refractivity contribution in [1.82, 2.24) is 5.43 Å². The molecule has 0 aliphatic rings. The first-order valence-corrected chi connectivity index (χ1v) is 7.04. The number of carbonyl (C=O) groups excluding carboxylic acids is 1. The lowest BCUT2D eigenvalue weighted by atomic mass is 10.2. The lowest BCUT2D eigenvalue weighted by molar-refractivity contribution is 0.0958. The van der Waals surface area contributed by atoms with Crippen molar-refractivity contribution in [3.63, 3.8) is 0 Å². The SMILES string of the molecule is Cc1ccsc1C(=O)NN=Cc1c(Cl)cccc1Cl. The molecule has 98 valence electrons. The largest absolute Gasteiger partial charge is 0.281 e. The molecule has 0 fully saturated rings. The van der Waals surface area contributed by atoms with Crippen molar-refractivity contribution in [3.8, 4) is 0 Å². The van der Waals surface area contributed by atoms with Crippen molar-refractivity contribution in [3.05, 3.63) is 55.7 Å². The molecule has 1 N–H and O–H groups in total. The van der Waals surface area contributed by atoms with Gasteiger partial charge in [0.15, 0.2) is 0 Å². The summed E-state index contributed by atoms with van der Waals surface area (Å²) in [5.74, 6) is -0.244. The predicted octanol–water partition coefficient (Wildman–Crippen LogP) is 4.13. The number of hydrazone groups is 1. The van der Waals surface area contributed by atoms with Crippen molar-refractivity contribution in [1.29, 1.82) is 0 Å². The van der Waals surface area contributed by atoms with Crippen LogP contribution in [0.15, 0.2) is 34.7 Å². The van der Waals surface area contributed by atoms with Crippen LogP contribution in [-0.2, 0) is 0 Å². The Morgan fingerprint density at radius 3 is 2.58 bits per heavy atom. The Bertz CT molecular complexity index is 617. The molecule has 0 spiro atoms. The quantitative estimate of drug-likeness (QED) is 0.672. The molecule has 2 rings (SSSR count). The number of carbonyl (C=O) groups is 1. The van der Waals surface area contributed by atoms with Gasteiger partial charge in [-0.2, -0.15) is 5.10 Å². The number of hydrogen-bond acceptors (Lipinski definition) is 3. The van der Waals surface area contributed by atoms with Crippen LogP contribution in [0.2, 0.25) is 10.0 Å². The van der Waals surface area contributed by atoms with Gasteiger partial charge in [0.25, 0.3) is 5.91 Å². The normalized spacial score (nSPS) is 10.9. The zero-order valence-electron chi connectivity index (χ0n) is 9.98. The molecule has 1 aromatic heterocycles. The number of amides is 1. The van der Waals surface area contributed by atoms with Gasteiger partial charge in [-0.05, 0) is 36.1 Å². The molecule has 2 aromatic rings. The Kier molecular flexibility index (Phi) is 4.58. The number of nitrogens with zero attached hydrogens (tertiary/aromatic N) is 1. The molecule has 0 aliphatic heterocycles. The minimum absolute atomic E-state index is 0.244. The summed E-state index contributed by atoms with van der Waals surface area (Å²) in [7, 11) is 0. The minimum atomic E-state index is -0.244. The fraction of sp³-hybridized carbons (Fsp3) is 0.0769. The molecule has 1 amide bonds. The molecule has 3 nitrogen and oxygen atoms in total. The fourth-order valence-electron chi connectivity index (χ4n) is 1.45. The second-order valence-corrected chi connectivity index (χ2v) is 5.50. The second kappa shape index (κ2) is 6.19. The van der Waals surface area contributed by atoms with Gasteiger partial charge in [0, 0.05) is 5.56 Å². The van der Waals surface area contributed by atoms with Crippen LogP contribution in [0.4, 0.5) is 0 Å². The van der Waals surface area contributed by atoms with Crippen molar-refractivity contribution < 1.29 is 4.79 Å². The van der Waals surface area contributed by atoms with Gasteiger partial charge in [0.2, 0.25) is 0 Å². The molecule has 0 atom stereocenters. The summed E-state index contributed by atoms with van der Waals surface area (Å²) in [4.78, 5) is 12.4. The van der Waals surface area contributed by atoms with Crippen molar-refractivity contribution in [2.24, 2.45) is 5.10 Å². The number of benzene rings is 1. The number of rotatable bonds is 3. The van der Waals surface area contributed by atoms with Gasteiger partial charge >= 0.3 is 0 Å². The summed E-state index contributed by atoms with van der Waals surface area (Å²) >= 11 is 13.3. The number of aryl methyl sites for hydroxylation is 1. The highest BCUT2D eigenvalue weighted by atomic mass is 35.5. The molecule has 0 bridgehead atoms. The zero-order valence-corrected chi connectivity index (χ0v) is 12.3. The Morgan fingerprint density at radius 2 is 2.00 bits per heavy atom. The topological polar surface area (TPSA) is 41.5 Å². The maximum Gasteiger partial charge on any atom is 0.281 e. The van der Waals surface area contributed by atoms with Crippen molar-refractivity contribution >= 4 is 46.7 Å². The summed E-state index contributed by atoms with van der Waals surface area (Å²) in [6.07, 6.45) is 1.44. The van der Waals surface area contributed by atoms with Crippen LogP contribution in [0.25, 0.3) is 0 Å². The van der Waals surface area contributed by atoms with Crippen LogP contribution in [0.5, 0.6) is 0 Å². The maximum atomic E-state index is 11.8. The summed E-state index contributed by atoms with van der Waals surface area (Å²) in [5.41, 5.74) is 3.95. The van der Waals surface area contributed by atoms with Crippen LogP contribution in [0.3, 0.4) is 0 Å². The van der Waals surface area contributed by atoms with Crippen LogP contribution in [0, 0.1) is 6.92 Å². The van der Waals surface area contributed by atoms with Gasteiger partial charge in [-0.15, -0.1) is 11.3 Å². The van der Waals surface area contributed by atoms with E-state index in [1.54, 1.807) is 18.2 Å². The molecule has 1 aromatic carbocycles. The van der Waals surface area contributed by atoms with Gasteiger partial charge in [-0.25, -0.2) is 5.43 Å². The van der Waals surface area contributed by atoms with Crippen molar-refractivity contribution in [2.45, 2.75) is 6.92 Å². The molecule has 6 heteroatoms. The second-order valence-electron chi connectivity index (χ2n) is 3.77. The predicted molar refractivity (Wildman–Crippen MR) is 80.6 cm³/mol. The summed E-state index contributed by atoms with van der Waals surface area (Å²) in [6.45, 7) is 1.88. The zero-order chi connectivity index (χ0) is 13.8. The highest BCUT2D eigenvalue weighted by molar-refractivity contribution is 7.12. The van der Waals surface area contributed by atoms with Gasteiger partial charge in [0.05, 0.1) is 21.1 Å². The lowest BCUT2D eigenvalue weighted by Crippen LogP contribution is -2.17. The maximum absolute atomic E-state index is 11.8. The first-order chi connectivity index (χ1) is 9.09. The summed E-state index contributed by atoms with van der Waals surface area (Å²) < 4.78 is 0. The number of halogens is 2. The van der Waals surface area contributed by atoms with E-state index >= 15 is 0 Å². The molecule has 1 heterocycles. The van der Waals surface area contributed by atoms with Gasteiger partial charge in [-0.3, -0.25) is 4.79 Å². The average molecular weight is 313 g/mol. The third-order valence-electron chi connectivity index (χ3n) is 2.43. The van der Waals surface area contributed by atoms with Crippen LogP contribution in [-0.4, -0.2) is 12.1 Å². The van der Waals surface area contributed by atoms with E-state index in [0.717, 1.165) is 5.56 Å². The molecule has 0 radical (unpaired) electrons. The lowest BCUT2D eigenvalue weighted by Gasteiger charge is -2.01. The standard InChI is InChI=1S/C13H10Cl2N2OS/c1-8-5-6-19-12(8)13(18)17-16-7-9-10(14)3-2-4-11(9)15/h2-7H,1H3,(H,17,18).